The topological polar surface area (TPSA) is 45.6 Å². The molecule has 0 aliphatic rings. The number of hydrogen-bond acceptors (Lipinski definition) is 3. The Kier molecular flexibility index (Phi) is 5.06. The summed E-state index contributed by atoms with van der Waals surface area (Å²) in [6.45, 7) is 2.00. The number of carbonyl (C=O) groups is 1. The van der Waals surface area contributed by atoms with Crippen LogP contribution in [-0.2, 0) is 4.79 Å². The summed E-state index contributed by atoms with van der Waals surface area (Å²) < 4.78 is 0. The van der Waals surface area contributed by atoms with E-state index in [0.717, 1.165) is 24.1 Å². The first-order valence-electron chi connectivity index (χ1n) is 6.63. The molecule has 0 saturated carbocycles. The van der Waals surface area contributed by atoms with E-state index in [0.29, 0.717) is 16.5 Å². The van der Waals surface area contributed by atoms with Crippen LogP contribution in [0.5, 0.6) is 0 Å². The van der Waals surface area contributed by atoms with Crippen molar-refractivity contribution in [2.24, 2.45) is 4.99 Å². The van der Waals surface area contributed by atoms with Crippen LogP contribution in [0.15, 0.2) is 41.4 Å². The van der Waals surface area contributed by atoms with Crippen LogP contribution >= 0.6 is 11.6 Å². The minimum Gasteiger partial charge on any atom is -0.301 e. The smallest absolute Gasteiger partial charge is 0.215 e. The standard InChI is InChI=1S/C16H16ClN3O/c1-3-9-18-15-8-7-14(19-16(15)20(2)11-21)12-5-4-6-13(17)10-12/h4-11H,3H2,1-2H3/b18-9-. The molecule has 0 N–H and O–H groups in total. The quantitative estimate of drug-likeness (QED) is 0.616. The molecule has 108 valence electrons. The van der Waals surface area contributed by atoms with Crippen molar-refractivity contribution in [1.29, 1.82) is 0 Å². The molecule has 0 atom stereocenters. The summed E-state index contributed by atoms with van der Waals surface area (Å²) in [6, 6.07) is 11.2. The number of rotatable bonds is 5. The van der Waals surface area contributed by atoms with Gasteiger partial charge in [0.05, 0.1) is 5.69 Å². The van der Waals surface area contributed by atoms with Crippen LogP contribution in [0.2, 0.25) is 5.02 Å². The minimum atomic E-state index is 0.521. The van der Waals surface area contributed by atoms with E-state index in [1.54, 1.807) is 13.3 Å². The van der Waals surface area contributed by atoms with Gasteiger partial charge in [-0.3, -0.25) is 9.79 Å². The van der Waals surface area contributed by atoms with E-state index in [4.69, 9.17) is 11.6 Å². The number of benzene rings is 1. The molecule has 0 aliphatic carbocycles. The van der Waals surface area contributed by atoms with Gasteiger partial charge in [0.15, 0.2) is 5.82 Å². The van der Waals surface area contributed by atoms with Gasteiger partial charge in [-0.2, -0.15) is 0 Å². The summed E-state index contributed by atoms with van der Waals surface area (Å²) in [7, 11) is 1.65. The zero-order valence-electron chi connectivity index (χ0n) is 12.0. The molecule has 5 heteroatoms. The first kappa shape index (κ1) is 15.2. The third-order valence-corrected chi connectivity index (χ3v) is 3.12. The fourth-order valence-corrected chi connectivity index (χ4v) is 2.04. The van der Waals surface area contributed by atoms with Gasteiger partial charge in [-0.1, -0.05) is 30.7 Å². The van der Waals surface area contributed by atoms with Gasteiger partial charge in [0.2, 0.25) is 6.41 Å². The van der Waals surface area contributed by atoms with Crippen LogP contribution in [0.4, 0.5) is 11.5 Å². The highest BCUT2D eigenvalue weighted by Gasteiger charge is 2.10. The predicted octanol–water partition coefficient (Wildman–Crippen LogP) is 4.11. The fraction of sp³-hybridized carbons (Fsp3) is 0.188. The number of amides is 1. The van der Waals surface area contributed by atoms with Crippen molar-refractivity contribution in [3.05, 3.63) is 41.4 Å². The lowest BCUT2D eigenvalue weighted by atomic mass is 10.1. The van der Waals surface area contributed by atoms with E-state index < -0.39 is 0 Å². The summed E-state index contributed by atoms with van der Waals surface area (Å²) in [6.07, 6.45) is 3.33. The van der Waals surface area contributed by atoms with Crippen molar-refractivity contribution < 1.29 is 4.79 Å². The molecule has 21 heavy (non-hydrogen) atoms. The predicted molar refractivity (Wildman–Crippen MR) is 87.6 cm³/mol. The van der Waals surface area contributed by atoms with Gasteiger partial charge in [0.1, 0.15) is 5.69 Å². The molecule has 0 radical (unpaired) electrons. The van der Waals surface area contributed by atoms with Crippen LogP contribution in [0.25, 0.3) is 11.3 Å². The van der Waals surface area contributed by atoms with Gasteiger partial charge in [0.25, 0.3) is 0 Å². The van der Waals surface area contributed by atoms with Gasteiger partial charge in [0, 0.05) is 23.8 Å². The van der Waals surface area contributed by atoms with Gasteiger partial charge in [-0.25, -0.2) is 4.98 Å². The Morgan fingerprint density at radius 2 is 2.14 bits per heavy atom. The molecule has 1 heterocycles. The lowest BCUT2D eigenvalue weighted by molar-refractivity contribution is -0.107. The van der Waals surface area contributed by atoms with Crippen molar-refractivity contribution in [1.82, 2.24) is 4.98 Å². The maximum Gasteiger partial charge on any atom is 0.215 e. The molecular formula is C16H16ClN3O. The second-order valence-corrected chi connectivity index (χ2v) is 4.92. The molecule has 1 aromatic carbocycles. The molecule has 0 spiro atoms. The van der Waals surface area contributed by atoms with Crippen molar-refractivity contribution in [3.8, 4) is 11.3 Å². The van der Waals surface area contributed by atoms with Crippen molar-refractivity contribution in [2.45, 2.75) is 13.3 Å². The Morgan fingerprint density at radius 1 is 1.33 bits per heavy atom. The second-order valence-electron chi connectivity index (χ2n) is 4.49. The van der Waals surface area contributed by atoms with Gasteiger partial charge in [-0.05, 0) is 30.7 Å². The van der Waals surface area contributed by atoms with Crippen LogP contribution < -0.4 is 4.90 Å². The van der Waals surface area contributed by atoms with E-state index in [9.17, 15) is 4.79 Å². The van der Waals surface area contributed by atoms with Gasteiger partial charge >= 0.3 is 0 Å². The second kappa shape index (κ2) is 6.99. The van der Waals surface area contributed by atoms with E-state index in [2.05, 4.69) is 9.98 Å². The normalized spacial score (nSPS) is 10.8. The maximum absolute atomic E-state index is 11.0. The Bertz CT molecular complexity index is 670. The first-order valence-corrected chi connectivity index (χ1v) is 7.01. The Hall–Kier alpha value is -2.20. The molecule has 0 aliphatic heterocycles. The number of nitrogens with zero attached hydrogens (tertiary/aromatic N) is 3. The molecular weight excluding hydrogens is 286 g/mol. The summed E-state index contributed by atoms with van der Waals surface area (Å²) in [5.41, 5.74) is 2.31. The van der Waals surface area contributed by atoms with E-state index in [1.165, 1.54) is 4.90 Å². The number of aliphatic imine (C=N–C) groups is 1. The summed E-state index contributed by atoms with van der Waals surface area (Å²) in [4.78, 5) is 21.3. The lowest BCUT2D eigenvalue weighted by Crippen LogP contribution is -2.15. The molecule has 1 amide bonds. The van der Waals surface area contributed by atoms with Gasteiger partial charge < -0.3 is 4.90 Å². The SMILES string of the molecule is CC/C=N\c1ccc(-c2cccc(Cl)c2)nc1N(C)C=O. The van der Waals surface area contributed by atoms with E-state index in [-0.39, 0.29) is 0 Å². The highest BCUT2D eigenvalue weighted by Crippen LogP contribution is 2.30. The molecule has 0 fully saturated rings. The van der Waals surface area contributed by atoms with E-state index in [1.807, 2.05) is 43.3 Å². The zero-order chi connectivity index (χ0) is 15.2. The van der Waals surface area contributed by atoms with Crippen molar-refractivity contribution >= 4 is 35.7 Å². The maximum atomic E-state index is 11.0. The molecule has 0 bridgehead atoms. The summed E-state index contributed by atoms with van der Waals surface area (Å²) in [5.74, 6) is 0.521. The summed E-state index contributed by atoms with van der Waals surface area (Å²) in [5, 5.41) is 0.646. The van der Waals surface area contributed by atoms with Crippen LogP contribution in [0.1, 0.15) is 13.3 Å². The van der Waals surface area contributed by atoms with E-state index >= 15 is 0 Å². The molecule has 2 rings (SSSR count). The molecule has 1 aromatic heterocycles. The number of halogens is 1. The minimum absolute atomic E-state index is 0.521. The van der Waals surface area contributed by atoms with Crippen LogP contribution in [0, 0.1) is 0 Å². The Morgan fingerprint density at radius 3 is 2.81 bits per heavy atom. The average molecular weight is 302 g/mol. The highest BCUT2D eigenvalue weighted by molar-refractivity contribution is 6.30. The number of pyridine rings is 1. The van der Waals surface area contributed by atoms with Crippen molar-refractivity contribution in [3.63, 3.8) is 0 Å². The average Bonchev–Trinajstić information content (AvgIpc) is 2.52. The lowest BCUT2D eigenvalue weighted by Gasteiger charge is -2.14. The number of anilines is 1. The zero-order valence-corrected chi connectivity index (χ0v) is 12.7. The Labute approximate surface area is 129 Å². The largest absolute Gasteiger partial charge is 0.301 e. The third kappa shape index (κ3) is 3.67. The van der Waals surface area contributed by atoms with Crippen LogP contribution in [0.3, 0.4) is 0 Å². The number of hydrogen-bond donors (Lipinski definition) is 0. The van der Waals surface area contributed by atoms with Gasteiger partial charge in [-0.15, -0.1) is 0 Å². The molecule has 0 saturated heterocycles. The molecule has 0 unspecified atom stereocenters. The number of carbonyl (C=O) groups excluding carboxylic acids is 1. The summed E-state index contributed by atoms with van der Waals surface area (Å²) >= 11 is 6.01. The third-order valence-electron chi connectivity index (χ3n) is 2.88. The number of aromatic nitrogens is 1. The molecule has 4 nitrogen and oxygen atoms in total. The van der Waals surface area contributed by atoms with Crippen molar-refractivity contribution in [2.75, 3.05) is 11.9 Å². The fourth-order valence-electron chi connectivity index (χ4n) is 1.85. The molecule has 2 aromatic rings. The first-order chi connectivity index (χ1) is 10.2. The van der Waals surface area contributed by atoms with Crippen LogP contribution in [-0.4, -0.2) is 24.7 Å². The highest BCUT2D eigenvalue weighted by atomic mass is 35.5. The monoisotopic (exact) mass is 301 g/mol. The Balaban J connectivity index is 2.50.